The Morgan fingerprint density at radius 3 is 2.62 bits per heavy atom. The molecule has 1 fully saturated rings. The molecule has 1 heterocycles. The van der Waals surface area contributed by atoms with Gasteiger partial charge in [-0.1, -0.05) is 30.3 Å². The van der Waals surface area contributed by atoms with Crippen molar-refractivity contribution in [3.8, 4) is 0 Å². The first kappa shape index (κ1) is 12.5. The van der Waals surface area contributed by atoms with Gasteiger partial charge in [0.05, 0.1) is 17.1 Å². The van der Waals surface area contributed by atoms with E-state index in [2.05, 4.69) is 9.55 Å². The molecule has 4 rings (SSSR count). The summed E-state index contributed by atoms with van der Waals surface area (Å²) >= 11 is 0. The number of aromatic nitrogens is 2. The molecular formula is C17H16FN3. The van der Waals surface area contributed by atoms with Crippen LogP contribution in [0.15, 0.2) is 48.5 Å². The molecule has 4 heteroatoms. The molecule has 3 aromatic rings. The second-order valence-corrected chi connectivity index (χ2v) is 5.59. The maximum Gasteiger partial charge on any atom is 0.131 e. The van der Waals surface area contributed by atoms with Gasteiger partial charge in [-0.25, -0.2) is 9.37 Å². The van der Waals surface area contributed by atoms with Crippen LogP contribution in [0.25, 0.3) is 11.0 Å². The number of nitrogens with zero attached hydrogens (tertiary/aromatic N) is 2. The zero-order valence-electron chi connectivity index (χ0n) is 11.5. The van der Waals surface area contributed by atoms with Crippen molar-refractivity contribution in [2.75, 3.05) is 0 Å². The van der Waals surface area contributed by atoms with Gasteiger partial charge in [0, 0.05) is 6.04 Å². The first-order valence-corrected chi connectivity index (χ1v) is 7.22. The molecule has 1 aliphatic carbocycles. The van der Waals surface area contributed by atoms with E-state index in [0.717, 1.165) is 35.3 Å². The normalized spacial score (nSPS) is 16.3. The van der Waals surface area contributed by atoms with Crippen molar-refractivity contribution in [1.29, 1.82) is 0 Å². The van der Waals surface area contributed by atoms with Crippen molar-refractivity contribution in [2.45, 2.75) is 24.9 Å². The minimum absolute atomic E-state index is 0.232. The second-order valence-electron chi connectivity index (χ2n) is 5.59. The van der Waals surface area contributed by atoms with Gasteiger partial charge in [-0.15, -0.1) is 0 Å². The first-order valence-electron chi connectivity index (χ1n) is 7.22. The van der Waals surface area contributed by atoms with Crippen molar-refractivity contribution in [3.05, 3.63) is 65.7 Å². The summed E-state index contributed by atoms with van der Waals surface area (Å²) in [6.07, 6.45) is 2.22. The zero-order valence-corrected chi connectivity index (χ0v) is 11.5. The van der Waals surface area contributed by atoms with E-state index in [-0.39, 0.29) is 11.9 Å². The quantitative estimate of drug-likeness (QED) is 0.797. The van der Waals surface area contributed by atoms with E-state index >= 15 is 0 Å². The van der Waals surface area contributed by atoms with Crippen LogP contribution in [-0.2, 0) is 0 Å². The monoisotopic (exact) mass is 281 g/mol. The number of hydrogen-bond acceptors (Lipinski definition) is 2. The van der Waals surface area contributed by atoms with Gasteiger partial charge in [-0.3, -0.25) is 0 Å². The smallest absolute Gasteiger partial charge is 0.131 e. The summed E-state index contributed by atoms with van der Waals surface area (Å²) in [5, 5.41) is 0. The molecule has 0 saturated heterocycles. The maximum absolute atomic E-state index is 13.6. The molecule has 21 heavy (non-hydrogen) atoms. The Labute approximate surface area is 122 Å². The highest BCUT2D eigenvalue weighted by molar-refractivity contribution is 5.76. The molecule has 3 nitrogen and oxygen atoms in total. The van der Waals surface area contributed by atoms with Crippen LogP contribution in [0.5, 0.6) is 0 Å². The van der Waals surface area contributed by atoms with Crippen LogP contribution < -0.4 is 5.73 Å². The van der Waals surface area contributed by atoms with Gasteiger partial charge in [-0.05, 0) is 36.6 Å². The van der Waals surface area contributed by atoms with Crippen LogP contribution in [0.2, 0.25) is 0 Å². The van der Waals surface area contributed by atoms with Crippen LogP contribution in [0.4, 0.5) is 4.39 Å². The highest BCUT2D eigenvalue weighted by atomic mass is 19.1. The van der Waals surface area contributed by atoms with E-state index in [1.165, 1.54) is 6.07 Å². The molecule has 1 unspecified atom stereocenters. The Kier molecular flexibility index (Phi) is 2.79. The Morgan fingerprint density at radius 1 is 1.14 bits per heavy atom. The average Bonchev–Trinajstić information content (AvgIpc) is 3.28. The summed E-state index contributed by atoms with van der Waals surface area (Å²) < 4.78 is 15.7. The molecule has 0 bridgehead atoms. The van der Waals surface area contributed by atoms with Crippen LogP contribution in [0.3, 0.4) is 0 Å². The lowest BCUT2D eigenvalue weighted by atomic mass is 10.1. The van der Waals surface area contributed by atoms with Gasteiger partial charge in [0.1, 0.15) is 11.6 Å². The number of fused-ring (bicyclic) bond motifs is 1. The summed E-state index contributed by atoms with van der Waals surface area (Å²) in [5.74, 6) is 0.591. The molecule has 2 N–H and O–H groups in total. The van der Waals surface area contributed by atoms with Gasteiger partial charge < -0.3 is 10.3 Å². The summed E-state index contributed by atoms with van der Waals surface area (Å²) in [6, 6.07) is 14.8. The fourth-order valence-electron chi connectivity index (χ4n) is 2.83. The highest BCUT2D eigenvalue weighted by Crippen LogP contribution is 2.40. The SMILES string of the molecule is NC(c1ccccc1)c1nc2ccc(F)cc2n1C1CC1. The summed E-state index contributed by atoms with van der Waals surface area (Å²) in [5.41, 5.74) is 9.09. The van der Waals surface area contributed by atoms with Crippen LogP contribution in [0, 0.1) is 5.82 Å². The standard InChI is InChI=1S/C17H16FN3/c18-12-6-9-14-15(10-12)21(13-7-8-13)17(20-14)16(19)11-4-2-1-3-5-11/h1-6,9-10,13,16H,7-8,19H2. The topological polar surface area (TPSA) is 43.8 Å². The third-order valence-corrected chi connectivity index (χ3v) is 4.03. The van der Waals surface area contributed by atoms with Gasteiger partial charge in [-0.2, -0.15) is 0 Å². The maximum atomic E-state index is 13.6. The van der Waals surface area contributed by atoms with E-state index in [1.54, 1.807) is 12.1 Å². The molecule has 1 aliphatic rings. The lowest BCUT2D eigenvalue weighted by Crippen LogP contribution is -2.17. The highest BCUT2D eigenvalue weighted by Gasteiger charge is 2.30. The Balaban J connectivity index is 1.90. The fourth-order valence-corrected chi connectivity index (χ4v) is 2.83. The molecule has 1 aromatic heterocycles. The van der Waals surface area contributed by atoms with Crippen LogP contribution in [0.1, 0.15) is 36.3 Å². The van der Waals surface area contributed by atoms with E-state index in [1.807, 2.05) is 30.3 Å². The lowest BCUT2D eigenvalue weighted by molar-refractivity contribution is 0.625. The Bertz CT molecular complexity index is 790. The Hall–Kier alpha value is -2.20. The number of rotatable bonds is 3. The van der Waals surface area contributed by atoms with E-state index in [4.69, 9.17) is 5.73 Å². The average molecular weight is 281 g/mol. The summed E-state index contributed by atoms with van der Waals surface area (Å²) in [4.78, 5) is 4.66. The molecule has 1 saturated carbocycles. The lowest BCUT2D eigenvalue weighted by Gasteiger charge is -2.14. The fraction of sp³-hybridized carbons (Fsp3) is 0.235. The van der Waals surface area contributed by atoms with Crippen molar-refractivity contribution < 1.29 is 4.39 Å². The second kappa shape index (κ2) is 4.67. The molecule has 0 aliphatic heterocycles. The van der Waals surface area contributed by atoms with E-state index < -0.39 is 0 Å². The Morgan fingerprint density at radius 2 is 1.90 bits per heavy atom. The number of hydrogen-bond donors (Lipinski definition) is 1. The third kappa shape index (κ3) is 2.12. The zero-order chi connectivity index (χ0) is 14.4. The van der Waals surface area contributed by atoms with Gasteiger partial charge in [0.25, 0.3) is 0 Å². The van der Waals surface area contributed by atoms with Crippen molar-refractivity contribution in [1.82, 2.24) is 9.55 Å². The summed E-state index contributed by atoms with van der Waals surface area (Å²) in [6.45, 7) is 0. The molecule has 0 amide bonds. The third-order valence-electron chi connectivity index (χ3n) is 4.03. The van der Waals surface area contributed by atoms with Gasteiger partial charge in [0.15, 0.2) is 0 Å². The van der Waals surface area contributed by atoms with Gasteiger partial charge >= 0.3 is 0 Å². The van der Waals surface area contributed by atoms with Crippen molar-refractivity contribution in [2.24, 2.45) is 5.73 Å². The van der Waals surface area contributed by atoms with Gasteiger partial charge in [0.2, 0.25) is 0 Å². The largest absolute Gasteiger partial charge is 0.323 e. The number of imidazole rings is 1. The molecule has 0 spiro atoms. The van der Waals surface area contributed by atoms with E-state index in [9.17, 15) is 4.39 Å². The molecule has 1 atom stereocenters. The van der Waals surface area contributed by atoms with Crippen LogP contribution >= 0.6 is 0 Å². The van der Waals surface area contributed by atoms with Crippen molar-refractivity contribution >= 4 is 11.0 Å². The first-order chi connectivity index (χ1) is 10.2. The summed E-state index contributed by atoms with van der Waals surface area (Å²) in [7, 11) is 0. The predicted octanol–water partition coefficient (Wildman–Crippen LogP) is 3.56. The molecular weight excluding hydrogens is 265 g/mol. The molecule has 0 radical (unpaired) electrons. The minimum atomic E-state index is -0.290. The minimum Gasteiger partial charge on any atom is -0.323 e. The van der Waals surface area contributed by atoms with Crippen molar-refractivity contribution in [3.63, 3.8) is 0 Å². The number of nitrogens with two attached hydrogens (primary N) is 1. The van der Waals surface area contributed by atoms with Crippen LogP contribution in [-0.4, -0.2) is 9.55 Å². The van der Waals surface area contributed by atoms with E-state index in [0.29, 0.717) is 6.04 Å². The number of halogens is 1. The molecule has 106 valence electrons. The molecule has 2 aromatic carbocycles. The predicted molar refractivity (Wildman–Crippen MR) is 80.4 cm³/mol. The number of benzene rings is 2.